The summed E-state index contributed by atoms with van der Waals surface area (Å²) in [7, 11) is 0. The Hall–Kier alpha value is -0.930. The van der Waals surface area contributed by atoms with E-state index in [1.165, 1.54) is 0 Å². The second kappa shape index (κ2) is 2.57. The van der Waals surface area contributed by atoms with Gasteiger partial charge in [0.2, 0.25) is 0 Å². The molecule has 1 aliphatic rings. The van der Waals surface area contributed by atoms with Gasteiger partial charge in [0, 0.05) is 0 Å². The number of nitrogens with zero attached hydrogens (tertiary/aromatic N) is 1. The number of hydrogen-bond acceptors (Lipinski definition) is 3. The Labute approximate surface area is 52.7 Å². The smallest absolute Gasteiger partial charge is 0.444 e. The van der Waals surface area contributed by atoms with E-state index in [-0.39, 0.29) is 6.10 Å². The molecule has 0 unspecified atom stereocenters. The molecular weight excluding hydrogens is 120 g/mol. The van der Waals surface area contributed by atoms with Crippen molar-refractivity contribution in [1.29, 1.82) is 5.53 Å². The van der Waals surface area contributed by atoms with Crippen molar-refractivity contribution in [3.05, 3.63) is 0 Å². The van der Waals surface area contributed by atoms with E-state index in [1.807, 2.05) is 0 Å². The van der Waals surface area contributed by atoms with Gasteiger partial charge in [-0.25, -0.2) is 4.79 Å². The third-order valence-corrected chi connectivity index (χ3v) is 1.41. The maximum absolute atomic E-state index is 10.2. The molecule has 1 saturated carbocycles. The van der Waals surface area contributed by atoms with Crippen LogP contribution in [0, 0.1) is 5.53 Å². The quantitative estimate of drug-likeness (QED) is 0.546. The molecule has 4 heteroatoms. The number of rotatable bonds is 1. The normalized spacial score (nSPS) is 18.2. The first-order valence-electron chi connectivity index (χ1n) is 2.91. The molecular formula is C5H8N2O2. The fraction of sp³-hybridized carbons (Fsp3) is 0.800. The van der Waals surface area contributed by atoms with E-state index in [0.29, 0.717) is 0 Å². The predicted molar refractivity (Wildman–Crippen MR) is 29.3 cm³/mol. The summed E-state index contributed by atoms with van der Waals surface area (Å²) in [6.45, 7) is 0. The van der Waals surface area contributed by atoms with Gasteiger partial charge in [0.1, 0.15) is 6.10 Å². The molecule has 0 spiro atoms. The van der Waals surface area contributed by atoms with Crippen molar-refractivity contribution >= 4 is 6.09 Å². The van der Waals surface area contributed by atoms with E-state index in [0.717, 1.165) is 19.3 Å². The van der Waals surface area contributed by atoms with Crippen molar-refractivity contribution in [1.82, 2.24) is 0 Å². The van der Waals surface area contributed by atoms with Gasteiger partial charge in [-0.3, -0.25) is 0 Å². The molecule has 1 amide bonds. The SMILES string of the molecule is N=NC(=O)OC1CCC1. The molecule has 0 atom stereocenters. The average molecular weight is 128 g/mol. The molecule has 0 aromatic heterocycles. The summed E-state index contributed by atoms with van der Waals surface area (Å²) < 4.78 is 4.64. The van der Waals surface area contributed by atoms with Crippen LogP contribution in [0.3, 0.4) is 0 Å². The molecule has 0 aromatic carbocycles. The van der Waals surface area contributed by atoms with E-state index in [9.17, 15) is 4.79 Å². The Kier molecular flexibility index (Phi) is 1.77. The first-order chi connectivity index (χ1) is 4.33. The van der Waals surface area contributed by atoms with Crippen LogP contribution in [0.25, 0.3) is 0 Å². The van der Waals surface area contributed by atoms with E-state index in [4.69, 9.17) is 5.53 Å². The Morgan fingerprint density at radius 1 is 1.67 bits per heavy atom. The van der Waals surface area contributed by atoms with E-state index in [1.54, 1.807) is 0 Å². The lowest BCUT2D eigenvalue weighted by atomic mass is 9.96. The average Bonchev–Trinajstić information content (AvgIpc) is 1.78. The topological polar surface area (TPSA) is 62.5 Å². The third-order valence-electron chi connectivity index (χ3n) is 1.41. The first kappa shape index (κ1) is 6.19. The van der Waals surface area contributed by atoms with Crippen molar-refractivity contribution in [2.24, 2.45) is 5.11 Å². The molecule has 0 radical (unpaired) electrons. The molecule has 1 rings (SSSR count). The third kappa shape index (κ3) is 1.48. The summed E-state index contributed by atoms with van der Waals surface area (Å²) in [5, 5.41) is 2.60. The van der Waals surface area contributed by atoms with Gasteiger partial charge in [-0.15, -0.1) is 0 Å². The van der Waals surface area contributed by atoms with Crippen molar-refractivity contribution in [2.45, 2.75) is 25.4 Å². The van der Waals surface area contributed by atoms with Crippen molar-refractivity contribution in [2.75, 3.05) is 0 Å². The van der Waals surface area contributed by atoms with E-state index in [2.05, 4.69) is 9.85 Å². The van der Waals surface area contributed by atoms with Gasteiger partial charge in [-0.2, -0.15) is 5.53 Å². The summed E-state index contributed by atoms with van der Waals surface area (Å²) in [5.74, 6) is 0. The minimum atomic E-state index is -0.764. The number of ether oxygens (including phenoxy) is 1. The second-order valence-corrected chi connectivity index (χ2v) is 2.05. The van der Waals surface area contributed by atoms with Crippen LogP contribution < -0.4 is 0 Å². The minimum Gasteiger partial charge on any atom is -0.444 e. The minimum absolute atomic E-state index is 0.0478. The first-order valence-corrected chi connectivity index (χ1v) is 2.91. The highest BCUT2D eigenvalue weighted by molar-refractivity contribution is 5.67. The zero-order valence-electron chi connectivity index (χ0n) is 4.96. The molecule has 0 bridgehead atoms. The molecule has 1 fully saturated rings. The monoisotopic (exact) mass is 128 g/mol. The molecule has 0 aromatic rings. The van der Waals surface area contributed by atoms with Gasteiger partial charge in [-0.05, 0) is 19.3 Å². The number of carbonyl (C=O) groups is 1. The second-order valence-electron chi connectivity index (χ2n) is 2.05. The maximum atomic E-state index is 10.2. The Balaban J connectivity index is 2.16. The zero-order chi connectivity index (χ0) is 6.69. The van der Waals surface area contributed by atoms with Gasteiger partial charge in [-0.1, -0.05) is 5.11 Å². The van der Waals surface area contributed by atoms with Crippen LogP contribution in [-0.2, 0) is 4.74 Å². The number of nitrogens with one attached hydrogen (secondary N) is 1. The Morgan fingerprint density at radius 3 is 2.67 bits per heavy atom. The number of hydrogen-bond donors (Lipinski definition) is 1. The van der Waals surface area contributed by atoms with Crippen LogP contribution in [0.1, 0.15) is 19.3 Å². The predicted octanol–water partition coefficient (Wildman–Crippen LogP) is 1.71. The highest BCUT2D eigenvalue weighted by Gasteiger charge is 2.20. The summed E-state index contributed by atoms with van der Waals surface area (Å²) in [6, 6.07) is 0. The standard InChI is InChI=1S/C5H8N2O2/c6-7-5(8)9-4-2-1-3-4/h4,6H,1-3H2. The summed E-state index contributed by atoms with van der Waals surface area (Å²) in [6.07, 6.45) is 2.27. The van der Waals surface area contributed by atoms with Gasteiger partial charge < -0.3 is 4.74 Å². The Morgan fingerprint density at radius 2 is 2.33 bits per heavy atom. The summed E-state index contributed by atoms with van der Waals surface area (Å²) in [5.41, 5.74) is 6.25. The molecule has 0 aliphatic heterocycles. The number of amides is 1. The fourth-order valence-corrected chi connectivity index (χ4v) is 0.658. The van der Waals surface area contributed by atoms with Crippen LogP contribution in [0.5, 0.6) is 0 Å². The fourth-order valence-electron chi connectivity index (χ4n) is 0.658. The zero-order valence-corrected chi connectivity index (χ0v) is 4.96. The van der Waals surface area contributed by atoms with Gasteiger partial charge in [0.05, 0.1) is 0 Å². The van der Waals surface area contributed by atoms with Crippen molar-refractivity contribution in [3.63, 3.8) is 0 Å². The summed E-state index contributed by atoms with van der Waals surface area (Å²) in [4.78, 5) is 10.2. The van der Waals surface area contributed by atoms with Crippen LogP contribution in [-0.4, -0.2) is 12.2 Å². The molecule has 1 aliphatic carbocycles. The van der Waals surface area contributed by atoms with Gasteiger partial charge >= 0.3 is 6.09 Å². The molecule has 9 heavy (non-hydrogen) atoms. The highest BCUT2D eigenvalue weighted by Crippen LogP contribution is 2.21. The van der Waals surface area contributed by atoms with Crippen molar-refractivity contribution < 1.29 is 9.53 Å². The van der Waals surface area contributed by atoms with Crippen LogP contribution in [0.15, 0.2) is 5.11 Å². The van der Waals surface area contributed by atoms with Crippen LogP contribution >= 0.6 is 0 Å². The molecule has 1 N–H and O–H groups in total. The van der Waals surface area contributed by atoms with E-state index >= 15 is 0 Å². The molecule has 50 valence electrons. The lowest BCUT2D eigenvalue weighted by Crippen LogP contribution is -2.23. The lowest BCUT2D eigenvalue weighted by molar-refractivity contribution is 0.0579. The largest absolute Gasteiger partial charge is 0.452 e. The molecule has 0 saturated heterocycles. The summed E-state index contributed by atoms with van der Waals surface area (Å²) >= 11 is 0. The van der Waals surface area contributed by atoms with E-state index < -0.39 is 6.09 Å². The maximum Gasteiger partial charge on any atom is 0.452 e. The number of carbonyl (C=O) groups excluding carboxylic acids is 1. The molecule has 4 nitrogen and oxygen atoms in total. The van der Waals surface area contributed by atoms with Gasteiger partial charge in [0.15, 0.2) is 0 Å². The van der Waals surface area contributed by atoms with Crippen molar-refractivity contribution in [3.8, 4) is 0 Å². The van der Waals surface area contributed by atoms with Gasteiger partial charge in [0.25, 0.3) is 0 Å². The lowest BCUT2D eigenvalue weighted by Gasteiger charge is -2.23. The molecule has 0 heterocycles. The Bertz CT molecular complexity index is 131. The highest BCUT2D eigenvalue weighted by atomic mass is 16.6. The van der Waals surface area contributed by atoms with Crippen LogP contribution in [0.4, 0.5) is 4.79 Å². The van der Waals surface area contributed by atoms with Crippen LogP contribution in [0.2, 0.25) is 0 Å².